The predicted molar refractivity (Wildman–Crippen MR) is 97.9 cm³/mol. The molecule has 25 heavy (non-hydrogen) atoms. The van der Waals surface area contributed by atoms with E-state index >= 15 is 0 Å². The van der Waals surface area contributed by atoms with Crippen molar-refractivity contribution in [2.24, 2.45) is 0 Å². The Labute approximate surface area is 149 Å². The predicted octanol–water partition coefficient (Wildman–Crippen LogP) is 1.44. The highest BCUT2D eigenvalue weighted by Crippen LogP contribution is 2.43. The number of amides is 1. The minimum absolute atomic E-state index is 0.00328. The first-order chi connectivity index (χ1) is 11.6. The lowest BCUT2D eigenvalue weighted by molar-refractivity contribution is -0.134. The largest absolute Gasteiger partial charge is 0.341 e. The van der Waals surface area contributed by atoms with Gasteiger partial charge in [0.05, 0.1) is 12.2 Å². The zero-order chi connectivity index (χ0) is 18.4. The quantitative estimate of drug-likeness (QED) is 0.880. The summed E-state index contributed by atoms with van der Waals surface area (Å²) in [5, 5.41) is 0. The second-order valence-electron chi connectivity index (χ2n) is 8.93. The Morgan fingerprint density at radius 1 is 1.32 bits per heavy atom. The number of likely N-dealkylation sites (N-methyl/N-ethyl adjacent to an activating group) is 1. The number of rotatable bonds is 2. The lowest BCUT2D eigenvalue weighted by Gasteiger charge is -2.41. The standard InChI is InChI=1S/C19H30N4O2/c1-18(2,3)17-20-15-13(16(25)21-17)7-9-19(15)8-6-10-23(12-19)14(24)11-22(4)5/h6-12H2,1-5H3,(H,20,21,25). The van der Waals surface area contributed by atoms with E-state index in [1.165, 1.54) is 0 Å². The number of piperidine rings is 1. The molecule has 2 aliphatic rings. The molecule has 1 amide bonds. The number of carbonyl (C=O) groups is 1. The Morgan fingerprint density at radius 2 is 2.04 bits per heavy atom. The van der Waals surface area contributed by atoms with Crippen LogP contribution >= 0.6 is 0 Å². The van der Waals surface area contributed by atoms with E-state index in [0.29, 0.717) is 13.1 Å². The molecule has 1 saturated heterocycles. The zero-order valence-electron chi connectivity index (χ0n) is 16.1. The van der Waals surface area contributed by atoms with E-state index in [1.807, 2.05) is 23.9 Å². The fourth-order valence-electron chi connectivity index (χ4n) is 4.12. The molecule has 0 radical (unpaired) electrons. The van der Waals surface area contributed by atoms with Crippen molar-refractivity contribution in [3.8, 4) is 0 Å². The first kappa shape index (κ1) is 18.1. The first-order valence-corrected chi connectivity index (χ1v) is 9.19. The molecule has 1 fully saturated rings. The van der Waals surface area contributed by atoms with Gasteiger partial charge in [0.1, 0.15) is 5.82 Å². The van der Waals surface area contributed by atoms with Crippen molar-refractivity contribution in [1.82, 2.24) is 19.8 Å². The van der Waals surface area contributed by atoms with Gasteiger partial charge in [-0.2, -0.15) is 0 Å². The van der Waals surface area contributed by atoms with Crippen molar-refractivity contribution in [2.45, 2.75) is 57.3 Å². The first-order valence-electron chi connectivity index (χ1n) is 9.19. The highest BCUT2D eigenvalue weighted by atomic mass is 16.2. The van der Waals surface area contributed by atoms with Crippen LogP contribution in [0.1, 0.15) is 57.1 Å². The molecule has 1 N–H and O–H groups in total. The number of fused-ring (bicyclic) bond motifs is 2. The zero-order valence-corrected chi connectivity index (χ0v) is 16.1. The second-order valence-corrected chi connectivity index (χ2v) is 8.93. The summed E-state index contributed by atoms with van der Waals surface area (Å²) in [7, 11) is 3.83. The van der Waals surface area contributed by atoms with E-state index < -0.39 is 0 Å². The minimum atomic E-state index is -0.201. The molecule has 3 rings (SSSR count). The van der Waals surface area contributed by atoms with Crippen LogP contribution in [0.5, 0.6) is 0 Å². The van der Waals surface area contributed by atoms with Gasteiger partial charge in [-0.25, -0.2) is 4.98 Å². The molecule has 1 aliphatic heterocycles. The summed E-state index contributed by atoms with van der Waals surface area (Å²) in [6.07, 6.45) is 3.65. The maximum atomic E-state index is 12.6. The molecule has 2 heterocycles. The molecule has 1 aromatic rings. The monoisotopic (exact) mass is 346 g/mol. The topological polar surface area (TPSA) is 69.3 Å². The molecular formula is C19H30N4O2. The average molecular weight is 346 g/mol. The molecule has 1 aromatic heterocycles. The van der Waals surface area contributed by atoms with E-state index in [-0.39, 0.29) is 22.3 Å². The summed E-state index contributed by atoms with van der Waals surface area (Å²) >= 11 is 0. The Balaban J connectivity index is 1.96. The van der Waals surface area contributed by atoms with Gasteiger partial charge < -0.3 is 14.8 Å². The Kier molecular flexibility index (Phi) is 4.52. The number of hydrogen-bond acceptors (Lipinski definition) is 4. The van der Waals surface area contributed by atoms with Crippen molar-refractivity contribution >= 4 is 5.91 Å². The summed E-state index contributed by atoms with van der Waals surface area (Å²) < 4.78 is 0. The molecule has 1 aliphatic carbocycles. The lowest BCUT2D eigenvalue weighted by Crippen LogP contribution is -2.50. The number of aromatic amines is 1. The summed E-state index contributed by atoms with van der Waals surface area (Å²) in [5.74, 6) is 0.910. The fourth-order valence-corrected chi connectivity index (χ4v) is 4.12. The molecule has 0 saturated carbocycles. The van der Waals surface area contributed by atoms with Crippen LogP contribution in [0.2, 0.25) is 0 Å². The second kappa shape index (κ2) is 6.24. The minimum Gasteiger partial charge on any atom is -0.341 e. The number of hydrogen-bond donors (Lipinski definition) is 1. The Hall–Kier alpha value is -1.69. The molecule has 138 valence electrons. The molecule has 1 spiro atoms. The molecule has 0 aromatic carbocycles. The van der Waals surface area contributed by atoms with Gasteiger partial charge in [0.25, 0.3) is 5.56 Å². The normalized spacial score (nSPS) is 23.4. The summed E-state index contributed by atoms with van der Waals surface area (Å²) in [6, 6.07) is 0. The average Bonchev–Trinajstić information content (AvgIpc) is 2.85. The van der Waals surface area contributed by atoms with Crippen molar-refractivity contribution in [3.05, 3.63) is 27.4 Å². The molecule has 0 bridgehead atoms. The van der Waals surface area contributed by atoms with Gasteiger partial charge in [0.2, 0.25) is 5.91 Å². The van der Waals surface area contributed by atoms with Gasteiger partial charge in [0, 0.05) is 29.5 Å². The van der Waals surface area contributed by atoms with Crippen molar-refractivity contribution < 1.29 is 4.79 Å². The smallest absolute Gasteiger partial charge is 0.254 e. The number of nitrogens with one attached hydrogen (secondary N) is 1. The van der Waals surface area contributed by atoms with Crippen LogP contribution in [0.25, 0.3) is 0 Å². The Morgan fingerprint density at radius 3 is 2.68 bits per heavy atom. The van der Waals surface area contributed by atoms with Gasteiger partial charge in [-0.15, -0.1) is 0 Å². The third-order valence-electron chi connectivity index (χ3n) is 5.46. The Bertz CT molecular complexity index is 732. The summed E-state index contributed by atoms with van der Waals surface area (Å²) in [6.45, 7) is 8.11. The van der Waals surface area contributed by atoms with Crippen molar-refractivity contribution in [3.63, 3.8) is 0 Å². The van der Waals surface area contributed by atoms with E-state index in [1.54, 1.807) is 0 Å². The van der Waals surface area contributed by atoms with Gasteiger partial charge in [-0.05, 0) is 39.8 Å². The van der Waals surface area contributed by atoms with Gasteiger partial charge in [0.15, 0.2) is 0 Å². The maximum absolute atomic E-state index is 12.6. The van der Waals surface area contributed by atoms with Gasteiger partial charge >= 0.3 is 0 Å². The third kappa shape index (κ3) is 3.36. The molecular weight excluding hydrogens is 316 g/mol. The van der Waals surface area contributed by atoms with Crippen LogP contribution in [-0.4, -0.2) is 59.4 Å². The number of carbonyl (C=O) groups excluding carboxylic acids is 1. The summed E-state index contributed by atoms with van der Waals surface area (Å²) in [4.78, 5) is 36.9. The maximum Gasteiger partial charge on any atom is 0.254 e. The van der Waals surface area contributed by atoms with Gasteiger partial charge in [-0.3, -0.25) is 9.59 Å². The van der Waals surface area contributed by atoms with E-state index in [0.717, 1.165) is 49.3 Å². The van der Waals surface area contributed by atoms with Crippen LogP contribution in [0.3, 0.4) is 0 Å². The number of nitrogens with zero attached hydrogens (tertiary/aromatic N) is 3. The fraction of sp³-hybridized carbons (Fsp3) is 0.737. The molecule has 1 atom stereocenters. The SMILES string of the molecule is CN(C)CC(=O)N1CCCC2(CCc3c2nc(C(C)(C)C)[nH]c3=O)C1. The van der Waals surface area contributed by atoms with Crippen LogP contribution in [-0.2, 0) is 22.0 Å². The van der Waals surface area contributed by atoms with Crippen LogP contribution in [0, 0.1) is 0 Å². The summed E-state index contributed by atoms with van der Waals surface area (Å²) in [5.41, 5.74) is 1.43. The third-order valence-corrected chi connectivity index (χ3v) is 5.46. The lowest BCUT2D eigenvalue weighted by atomic mass is 9.77. The highest BCUT2D eigenvalue weighted by Gasteiger charge is 2.46. The highest BCUT2D eigenvalue weighted by molar-refractivity contribution is 5.78. The van der Waals surface area contributed by atoms with Crippen LogP contribution in [0.15, 0.2) is 4.79 Å². The van der Waals surface area contributed by atoms with E-state index in [2.05, 4.69) is 25.8 Å². The van der Waals surface area contributed by atoms with E-state index in [4.69, 9.17) is 4.98 Å². The molecule has 6 heteroatoms. The van der Waals surface area contributed by atoms with E-state index in [9.17, 15) is 9.59 Å². The van der Waals surface area contributed by atoms with Crippen molar-refractivity contribution in [1.29, 1.82) is 0 Å². The van der Waals surface area contributed by atoms with Crippen LogP contribution in [0.4, 0.5) is 0 Å². The van der Waals surface area contributed by atoms with Gasteiger partial charge in [-0.1, -0.05) is 20.8 Å². The number of likely N-dealkylation sites (tertiary alicyclic amines) is 1. The molecule has 1 unspecified atom stereocenters. The molecule has 6 nitrogen and oxygen atoms in total. The number of aromatic nitrogens is 2. The van der Waals surface area contributed by atoms with Crippen LogP contribution < -0.4 is 5.56 Å². The number of H-pyrrole nitrogens is 1. The van der Waals surface area contributed by atoms with Crippen molar-refractivity contribution in [2.75, 3.05) is 33.7 Å².